The summed E-state index contributed by atoms with van der Waals surface area (Å²) in [5.74, 6) is 1.14. The van der Waals surface area contributed by atoms with Crippen molar-refractivity contribution in [3.63, 3.8) is 0 Å². The highest BCUT2D eigenvalue weighted by molar-refractivity contribution is 5.88. The summed E-state index contributed by atoms with van der Waals surface area (Å²) in [4.78, 5) is 15.2. The van der Waals surface area contributed by atoms with E-state index in [4.69, 9.17) is 14.2 Å². The monoisotopic (exact) mass is 371 g/mol. The van der Waals surface area contributed by atoms with Crippen LogP contribution < -0.4 is 9.47 Å². The first-order valence-electron chi connectivity index (χ1n) is 9.06. The second-order valence-corrected chi connectivity index (χ2v) is 7.05. The molecule has 0 spiro atoms. The van der Waals surface area contributed by atoms with Gasteiger partial charge in [-0.1, -0.05) is 18.2 Å². The smallest absolute Gasteiger partial charge is 0.233 e. The number of fused-ring (bicyclic) bond motifs is 1. The molecule has 0 N–H and O–H groups in total. The van der Waals surface area contributed by atoms with Crippen LogP contribution in [0.4, 0.5) is 4.39 Å². The number of carbonyl (C=O) groups is 1. The van der Waals surface area contributed by atoms with Crippen LogP contribution in [0.15, 0.2) is 42.5 Å². The second-order valence-electron chi connectivity index (χ2n) is 7.05. The van der Waals surface area contributed by atoms with E-state index >= 15 is 0 Å². The Kier molecular flexibility index (Phi) is 4.74. The van der Waals surface area contributed by atoms with Crippen LogP contribution in [-0.4, -0.2) is 37.9 Å². The Morgan fingerprint density at radius 3 is 2.52 bits per heavy atom. The third-order valence-electron chi connectivity index (χ3n) is 5.36. The normalized spacial score (nSPS) is 17.6. The van der Waals surface area contributed by atoms with Crippen LogP contribution in [-0.2, 0) is 21.5 Å². The third kappa shape index (κ3) is 3.37. The molecule has 2 aliphatic rings. The SMILES string of the molecule is CN(Cc1ccc2c(c1)OCO2)C(=O)C1(c2ccc(F)cc2)CCOCC1. The van der Waals surface area contributed by atoms with Crippen LogP contribution in [0.5, 0.6) is 11.5 Å². The number of carbonyl (C=O) groups excluding carboxylic acids is 1. The summed E-state index contributed by atoms with van der Waals surface area (Å²) >= 11 is 0. The molecule has 0 atom stereocenters. The minimum atomic E-state index is -0.683. The molecule has 2 aliphatic heterocycles. The predicted octanol–water partition coefficient (Wildman–Crippen LogP) is 3.26. The Morgan fingerprint density at radius 2 is 1.78 bits per heavy atom. The molecule has 6 heteroatoms. The second kappa shape index (κ2) is 7.19. The molecule has 2 aromatic carbocycles. The van der Waals surface area contributed by atoms with Gasteiger partial charge >= 0.3 is 0 Å². The van der Waals surface area contributed by atoms with Gasteiger partial charge < -0.3 is 19.1 Å². The molecule has 0 saturated carbocycles. The Bertz CT molecular complexity index is 831. The zero-order valence-corrected chi connectivity index (χ0v) is 15.2. The Hall–Kier alpha value is -2.60. The van der Waals surface area contributed by atoms with Crippen molar-refractivity contribution >= 4 is 5.91 Å². The highest BCUT2D eigenvalue weighted by atomic mass is 19.1. The maximum atomic E-state index is 13.5. The molecule has 2 heterocycles. The summed E-state index contributed by atoms with van der Waals surface area (Å²) in [6.45, 7) is 1.71. The van der Waals surface area contributed by atoms with Crippen LogP contribution in [0.25, 0.3) is 0 Å². The van der Waals surface area contributed by atoms with Crippen molar-refractivity contribution in [1.29, 1.82) is 0 Å². The first kappa shape index (κ1) is 17.8. The summed E-state index contributed by atoms with van der Waals surface area (Å²) in [5, 5.41) is 0. The lowest BCUT2D eigenvalue weighted by Crippen LogP contribution is -2.48. The van der Waals surface area contributed by atoms with Gasteiger partial charge in [0, 0.05) is 26.8 Å². The van der Waals surface area contributed by atoms with Gasteiger partial charge in [0.25, 0.3) is 0 Å². The molecule has 0 bridgehead atoms. The van der Waals surface area contributed by atoms with E-state index in [1.54, 1.807) is 24.1 Å². The molecule has 4 rings (SSSR count). The highest BCUT2D eigenvalue weighted by Gasteiger charge is 2.43. The van der Waals surface area contributed by atoms with E-state index in [1.807, 2.05) is 18.2 Å². The van der Waals surface area contributed by atoms with Gasteiger partial charge in [-0.15, -0.1) is 0 Å². The van der Waals surface area contributed by atoms with Crippen molar-refractivity contribution in [2.75, 3.05) is 27.1 Å². The standard InChI is InChI=1S/C21H22FNO4/c1-23(13-15-2-7-18-19(12-15)27-14-26-18)20(24)21(8-10-25-11-9-21)16-3-5-17(22)6-4-16/h2-7,12H,8-11,13-14H2,1H3. The summed E-state index contributed by atoms with van der Waals surface area (Å²) in [5.41, 5.74) is 1.13. The van der Waals surface area contributed by atoms with Crippen molar-refractivity contribution < 1.29 is 23.4 Å². The predicted molar refractivity (Wildman–Crippen MR) is 97.2 cm³/mol. The molecule has 0 aliphatic carbocycles. The number of halogens is 1. The lowest BCUT2D eigenvalue weighted by molar-refractivity contribution is -0.140. The minimum absolute atomic E-state index is 0.0232. The fourth-order valence-corrected chi connectivity index (χ4v) is 3.87. The summed E-state index contributed by atoms with van der Waals surface area (Å²) in [6.07, 6.45) is 1.17. The van der Waals surface area contributed by atoms with E-state index in [1.165, 1.54) is 12.1 Å². The van der Waals surface area contributed by atoms with Crippen LogP contribution in [0, 0.1) is 5.82 Å². The number of ether oxygens (including phenoxy) is 3. The lowest BCUT2D eigenvalue weighted by atomic mass is 9.73. The fraction of sp³-hybridized carbons (Fsp3) is 0.381. The van der Waals surface area contributed by atoms with Crippen molar-refractivity contribution in [1.82, 2.24) is 4.90 Å². The first-order chi connectivity index (χ1) is 13.1. The topological polar surface area (TPSA) is 48.0 Å². The Morgan fingerprint density at radius 1 is 1.07 bits per heavy atom. The summed E-state index contributed by atoms with van der Waals surface area (Å²) in [7, 11) is 1.80. The quantitative estimate of drug-likeness (QED) is 0.828. The van der Waals surface area contributed by atoms with Gasteiger partial charge in [0.1, 0.15) is 5.82 Å². The summed E-state index contributed by atoms with van der Waals surface area (Å²) in [6, 6.07) is 12.0. The van der Waals surface area contributed by atoms with E-state index in [0.717, 1.165) is 16.9 Å². The molecule has 0 radical (unpaired) electrons. The van der Waals surface area contributed by atoms with E-state index in [-0.39, 0.29) is 18.5 Å². The highest BCUT2D eigenvalue weighted by Crippen LogP contribution is 2.38. The van der Waals surface area contributed by atoms with Gasteiger partial charge in [-0.3, -0.25) is 4.79 Å². The van der Waals surface area contributed by atoms with E-state index in [2.05, 4.69) is 0 Å². The average molecular weight is 371 g/mol. The molecule has 142 valence electrons. The fourth-order valence-electron chi connectivity index (χ4n) is 3.87. The summed E-state index contributed by atoms with van der Waals surface area (Å²) < 4.78 is 29.6. The molecule has 2 aromatic rings. The van der Waals surface area contributed by atoms with Crippen molar-refractivity contribution in [3.05, 3.63) is 59.4 Å². The maximum Gasteiger partial charge on any atom is 0.233 e. The molecule has 5 nitrogen and oxygen atoms in total. The molecule has 27 heavy (non-hydrogen) atoms. The molecule has 1 amide bonds. The first-order valence-corrected chi connectivity index (χ1v) is 9.06. The van der Waals surface area contributed by atoms with Crippen molar-refractivity contribution in [2.24, 2.45) is 0 Å². The number of hydrogen-bond donors (Lipinski definition) is 0. The number of hydrogen-bond acceptors (Lipinski definition) is 4. The van der Waals surface area contributed by atoms with Crippen LogP contribution in [0.1, 0.15) is 24.0 Å². The van der Waals surface area contributed by atoms with Crippen molar-refractivity contribution in [3.8, 4) is 11.5 Å². The van der Waals surface area contributed by atoms with Crippen LogP contribution >= 0.6 is 0 Å². The lowest BCUT2D eigenvalue weighted by Gasteiger charge is -2.39. The molecular weight excluding hydrogens is 349 g/mol. The zero-order chi connectivity index (χ0) is 18.9. The molecule has 1 saturated heterocycles. The van der Waals surface area contributed by atoms with Gasteiger partial charge in [-0.2, -0.15) is 0 Å². The molecule has 0 aromatic heterocycles. The number of nitrogens with zero attached hydrogens (tertiary/aromatic N) is 1. The molecule has 0 unspecified atom stereocenters. The maximum absolute atomic E-state index is 13.5. The molecule has 1 fully saturated rings. The number of amides is 1. The number of benzene rings is 2. The van der Waals surface area contributed by atoms with Gasteiger partial charge in [0.05, 0.1) is 5.41 Å². The van der Waals surface area contributed by atoms with Crippen LogP contribution in [0.3, 0.4) is 0 Å². The van der Waals surface area contributed by atoms with Gasteiger partial charge in [-0.05, 0) is 48.2 Å². The minimum Gasteiger partial charge on any atom is -0.454 e. The number of rotatable bonds is 4. The van der Waals surface area contributed by atoms with E-state index in [9.17, 15) is 9.18 Å². The van der Waals surface area contributed by atoms with E-state index < -0.39 is 5.41 Å². The zero-order valence-electron chi connectivity index (χ0n) is 15.2. The average Bonchev–Trinajstić information content (AvgIpc) is 3.16. The van der Waals surface area contributed by atoms with Gasteiger partial charge in [0.2, 0.25) is 12.7 Å². The Labute approximate surface area is 157 Å². The van der Waals surface area contributed by atoms with Gasteiger partial charge in [0.15, 0.2) is 11.5 Å². The molecular formula is C21H22FNO4. The van der Waals surface area contributed by atoms with Crippen LogP contribution in [0.2, 0.25) is 0 Å². The Balaban J connectivity index is 1.58. The number of likely N-dealkylation sites (N-methyl/N-ethyl adjacent to an activating group) is 1. The van der Waals surface area contributed by atoms with Gasteiger partial charge in [-0.25, -0.2) is 4.39 Å². The largest absolute Gasteiger partial charge is 0.454 e. The van der Waals surface area contributed by atoms with Crippen molar-refractivity contribution in [2.45, 2.75) is 24.8 Å². The van der Waals surface area contributed by atoms with E-state index in [0.29, 0.717) is 38.3 Å². The third-order valence-corrected chi connectivity index (χ3v) is 5.36.